The molecule has 0 radical (unpaired) electrons. The van der Waals surface area contributed by atoms with Crippen LogP contribution in [0.3, 0.4) is 0 Å². The molecular formula is C13H20ClN3O3. The van der Waals surface area contributed by atoms with E-state index in [0.717, 1.165) is 5.69 Å². The lowest BCUT2D eigenvalue weighted by Crippen LogP contribution is -2.35. The zero-order chi connectivity index (χ0) is 15.1. The van der Waals surface area contributed by atoms with Gasteiger partial charge in [-0.3, -0.25) is 4.68 Å². The third kappa shape index (κ3) is 3.07. The molecule has 20 heavy (non-hydrogen) atoms. The van der Waals surface area contributed by atoms with Crippen molar-refractivity contribution < 1.29 is 14.6 Å². The number of β-amino-alcohol motifs (C(OH)–C–C–N with tert-alkyl or cyclic N) is 1. The maximum Gasteiger partial charge on any atom is 0.410 e. The third-order valence-electron chi connectivity index (χ3n) is 3.23. The molecule has 2 heterocycles. The molecule has 112 valence electrons. The largest absolute Gasteiger partial charge is 0.444 e. The quantitative estimate of drug-likeness (QED) is 0.858. The molecular weight excluding hydrogens is 282 g/mol. The van der Waals surface area contributed by atoms with Crippen LogP contribution in [0.15, 0.2) is 6.20 Å². The number of hydrogen-bond acceptors (Lipinski definition) is 4. The van der Waals surface area contributed by atoms with Crippen molar-refractivity contribution in [2.24, 2.45) is 7.05 Å². The highest BCUT2D eigenvalue weighted by molar-refractivity contribution is 6.31. The summed E-state index contributed by atoms with van der Waals surface area (Å²) in [5.41, 5.74) is 0.190. The van der Waals surface area contributed by atoms with E-state index in [4.69, 9.17) is 16.3 Å². The Hall–Kier alpha value is -1.27. The summed E-state index contributed by atoms with van der Waals surface area (Å²) in [5.74, 6) is -0.248. The monoisotopic (exact) mass is 301 g/mol. The second kappa shape index (κ2) is 5.26. The van der Waals surface area contributed by atoms with Crippen molar-refractivity contribution in [2.75, 3.05) is 13.1 Å². The normalized spacial score (nSPS) is 23.2. The fraction of sp³-hybridized carbons (Fsp3) is 0.692. The number of aromatic nitrogens is 2. The van der Waals surface area contributed by atoms with Crippen molar-refractivity contribution in [1.29, 1.82) is 0 Å². The maximum absolute atomic E-state index is 12.0. The molecule has 0 aromatic carbocycles. The number of carbonyl (C=O) groups excluding carboxylic acids is 1. The van der Waals surface area contributed by atoms with E-state index < -0.39 is 17.8 Å². The van der Waals surface area contributed by atoms with E-state index in [1.807, 2.05) is 20.8 Å². The van der Waals surface area contributed by atoms with E-state index in [0.29, 0.717) is 11.6 Å². The Balaban J connectivity index is 2.12. The second-order valence-corrected chi connectivity index (χ2v) is 6.47. The first kappa shape index (κ1) is 15.1. The number of rotatable bonds is 1. The molecule has 1 saturated heterocycles. The molecule has 2 unspecified atom stereocenters. The number of aryl methyl sites for hydroxylation is 1. The van der Waals surface area contributed by atoms with Crippen LogP contribution in [0.5, 0.6) is 0 Å². The Morgan fingerprint density at radius 1 is 1.50 bits per heavy atom. The molecule has 6 nitrogen and oxygen atoms in total. The number of halogens is 1. The average Bonchev–Trinajstić information content (AvgIpc) is 2.81. The van der Waals surface area contributed by atoms with Crippen LogP contribution in [0.1, 0.15) is 32.4 Å². The first-order chi connectivity index (χ1) is 9.19. The number of nitrogens with zero attached hydrogens (tertiary/aromatic N) is 3. The molecule has 1 amide bonds. The maximum atomic E-state index is 12.0. The van der Waals surface area contributed by atoms with E-state index in [1.165, 1.54) is 4.90 Å². The SMILES string of the molecule is Cn1ncc(Cl)c1C1CN(C(=O)OC(C)(C)C)CC1O. The third-order valence-corrected chi connectivity index (χ3v) is 3.52. The van der Waals surface area contributed by atoms with Crippen LogP contribution in [0.2, 0.25) is 5.02 Å². The summed E-state index contributed by atoms with van der Waals surface area (Å²) in [4.78, 5) is 13.5. The molecule has 0 spiro atoms. The van der Waals surface area contributed by atoms with Crippen LogP contribution in [0, 0.1) is 0 Å². The molecule has 0 bridgehead atoms. The van der Waals surface area contributed by atoms with Gasteiger partial charge < -0.3 is 14.7 Å². The summed E-state index contributed by atoms with van der Waals surface area (Å²) in [6.45, 7) is 6.04. The van der Waals surface area contributed by atoms with Gasteiger partial charge in [0.1, 0.15) is 5.60 Å². The van der Waals surface area contributed by atoms with Gasteiger partial charge in [-0.2, -0.15) is 5.10 Å². The second-order valence-electron chi connectivity index (χ2n) is 6.06. The van der Waals surface area contributed by atoms with E-state index in [9.17, 15) is 9.90 Å². The number of hydrogen-bond donors (Lipinski definition) is 1. The molecule has 1 aliphatic rings. The van der Waals surface area contributed by atoms with E-state index in [1.54, 1.807) is 17.9 Å². The van der Waals surface area contributed by atoms with Gasteiger partial charge in [-0.15, -0.1) is 0 Å². The number of aliphatic hydroxyl groups is 1. The molecule has 1 aromatic rings. The van der Waals surface area contributed by atoms with Crippen molar-refractivity contribution in [3.05, 3.63) is 16.9 Å². The minimum absolute atomic E-state index is 0.237. The Kier molecular flexibility index (Phi) is 3.97. The molecule has 0 aliphatic carbocycles. The van der Waals surface area contributed by atoms with Crippen LogP contribution in [0.25, 0.3) is 0 Å². The predicted molar refractivity (Wildman–Crippen MR) is 74.8 cm³/mol. The molecule has 0 saturated carbocycles. The minimum Gasteiger partial charge on any atom is -0.444 e. The van der Waals surface area contributed by atoms with Crippen molar-refractivity contribution in [2.45, 2.75) is 38.4 Å². The van der Waals surface area contributed by atoms with Crippen molar-refractivity contribution in [1.82, 2.24) is 14.7 Å². The van der Waals surface area contributed by atoms with Gasteiger partial charge in [0, 0.05) is 19.5 Å². The zero-order valence-corrected chi connectivity index (χ0v) is 12.9. The predicted octanol–water partition coefficient (Wildman–Crippen LogP) is 1.77. The van der Waals surface area contributed by atoms with Crippen LogP contribution in [-0.2, 0) is 11.8 Å². The highest BCUT2D eigenvalue weighted by Crippen LogP contribution is 2.32. The lowest BCUT2D eigenvalue weighted by atomic mass is 10.0. The highest BCUT2D eigenvalue weighted by atomic mass is 35.5. The van der Waals surface area contributed by atoms with Crippen molar-refractivity contribution in [3.63, 3.8) is 0 Å². The smallest absolute Gasteiger partial charge is 0.410 e. The highest BCUT2D eigenvalue weighted by Gasteiger charge is 2.39. The van der Waals surface area contributed by atoms with E-state index in [-0.39, 0.29) is 12.5 Å². The van der Waals surface area contributed by atoms with E-state index in [2.05, 4.69) is 5.10 Å². The Morgan fingerprint density at radius 3 is 2.65 bits per heavy atom. The summed E-state index contributed by atoms with van der Waals surface area (Å²) < 4.78 is 6.95. The van der Waals surface area contributed by atoms with Crippen LogP contribution in [-0.4, -0.2) is 50.7 Å². The Labute approximate surface area is 123 Å². The molecule has 1 N–H and O–H groups in total. The molecule has 7 heteroatoms. The minimum atomic E-state index is -0.671. The summed E-state index contributed by atoms with van der Waals surface area (Å²) in [5, 5.41) is 14.7. The van der Waals surface area contributed by atoms with Gasteiger partial charge in [0.05, 0.1) is 29.6 Å². The molecule has 2 rings (SSSR count). The summed E-state index contributed by atoms with van der Waals surface area (Å²) in [6, 6.07) is 0. The van der Waals surface area contributed by atoms with Crippen molar-refractivity contribution >= 4 is 17.7 Å². The summed E-state index contributed by atoms with van der Waals surface area (Å²) in [7, 11) is 1.77. The fourth-order valence-corrected chi connectivity index (χ4v) is 2.67. The van der Waals surface area contributed by atoms with Gasteiger partial charge in [-0.25, -0.2) is 4.79 Å². The molecule has 1 aliphatic heterocycles. The number of amides is 1. The Morgan fingerprint density at radius 2 is 2.15 bits per heavy atom. The zero-order valence-electron chi connectivity index (χ0n) is 12.1. The van der Waals surface area contributed by atoms with Gasteiger partial charge in [-0.05, 0) is 20.8 Å². The first-order valence-electron chi connectivity index (χ1n) is 6.52. The van der Waals surface area contributed by atoms with E-state index >= 15 is 0 Å². The van der Waals surface area contributed by atoms with Crippen LogP contribution >= 0.6 is 11.6 Å². The van der Waals surface area contributed by atoms with Crippen LogP contribution in [0.4, 0.5) is 4.79 Å². The summed E-state index contributed by atoms with van der Waals surface area (Å²) in [6.07, 6.45) is 0.451. The lowest BCUT2D eigenvalue weighted by Gasteiger charge is -2.24. The van der Waals surface area contributed by atoms with Crippen molar-refractivity contribution in [3.8, 4) is 0 Å². The van der Waals surface area contributed by atoms with Gasteiger partial charge >= 0.3 is 6.09 Å². The average molecular weight is 302 g/mol. The Bertz CT molecular complexity index is 490. The lowest BCUT2D eigenvalue weighted by molar-refractivity contribution is 0.0270. The fourth-order valence-electron chi connectivity index (χ4n) is 2.37. The van der Waals surface area contributed by atoms with Gasteiger partial charge in [0.15, 0.2) is 0 Å². The molecule has 1 fully saturated rings. The number of likely N-dealkylation sites (tertiary alicyclic amines) is 1. The van der Waals surface area contributed by atoms with Gasteiger partial charge in [0.25, 0.3) is 0 Å². The standard InChI is InChI=1S/C13H20ClN3O3/c1-13(2,3)20-12(19)17-6-8(10(18)7-17)11-9(14)5-15-16(11)4/h5,8,10,18H,6-7H2,1-4H3. The number of carbonyl (C=O) groups is 1. The topological polar surface area (TPSA) is 67.6 Å². The van der Waals surface area contributed by atoms with Gasteiger partial charge in [-0.1, -0.05) is 11.6 Å². The molecule has 2 atom stereocenters. The number of ether oxygens (including phenoxy) is 1. The number of aliphatic hydroxyl groups excluding tert-OH is 1. The first-order valence-corrected chi connectivity index (χ1v) is 6.90. The van der Waals surface area contributed by atoms with Crippen LogP contribution < -0.4 is 0 Å². The summed E-state index contributed by atoms with van der Waals surface area (Å²) >= 11 is 6.10. The molecule has 1 aromatic heterocycles. The van der Waals surface area contributed by atoms with Gasteiger partial charge in [0.2, 0.25) is 0 Å².